The molecule has 0 amide bonds. The van der Waals surface area contributed by atoms with Crippen molar-refractivity contribution in [1.29, 1.82) is 0 Å². The number of rotatable bonds is 1. The predicted octanol–water partition coefficient (Wildman–Crippen LogP) is 5.09. The first-order chi connectivity index (χ1) is 10.6. The van der Waals surface area contributed by atoms with Gasteiger partial charge in [0.25, 0.3) is 0 Å². The Morgan fingerprint density at radius 3 is 1.77 bits per heavy atom. The van der Waals surface area contributed by atoms with Crippen molar-refractivity contribution in [3.05, 3.63) is 60.8 Å². The van der Waals surface area contributed by atoms with Crippen LogP contribution in [-0.4, -0.2) is 13.1 Å². The molecular formula is C20H19NSi. The van der Waals surface area contributed by atoms with E-state index in [1.54, 1.807) is 0 Å². The minimum atomic E-state index is -1.37. The smallest absolute Gasteiger partial charge is 0.0796 e. The lowest BCUT2D eigenvalue weighted by Gasteiger charge is -2.18. The van der Waals surface area contributed by atoms with E-state index in [1.165, 1.54) is 32.1 Å². The molecule has 0 radical (unpaired) electrons. The lowest BCUT2D eigenvalue weighted by atomic mass is 9.97. The molecule has 1 heterocycles. The summed E-state index contributed by atoms with van der Waals surface area (Å²) in [4.78, 5) is 4.86. The lowest BCUT2D eigenvalue weighted by molar-refractivity contribution is 1.44. The van der Waals surface area contributed by atoms with Crippen molar-refractivity contribution in [3.8, 4) is 0 Å². The Morgan fingerprint density at radius 2 is 1.18 bits per heavy atom. The van der Waals surface area contributed by atoms with Gasteiger partial charge in [0.2, 0.25) is 0 Å². The maximum absolute atomic E-state index is 4.86. The standard InChI is InChI=1S/C20H19NSi/c1-22(2,3)14-12-19-17-10-5-4-8-15(17)16-9-6-7-11-18(16)20(19)21-13-14/h4-13H,1-3H3. The molecular weight excluding hydrogens is 282 g/mol. The number of hydrogen-bond donors (Lipinski definition) is 0. The molecule has 0 aliphatic carbocycles. The monoisotopic (exact) mass is 301 g/mol. The number of pyridine rings is 1. The third kappa shape index (κ3) is 1.95. The fraction of sp³-hybridized carbons (Fsp3) is 0.150. The average molecular weight is 301 g/mol. The van der Waals surface area contributed by atoms with Crippen LogP contribution < -0.4 is 5.19 Å². The maximum atomic E-state index is 4.86. The van der Waals surface area contributed by atoms with Gasteiger partial charge in [0.1, 0.15) is 0 Å². The van der Waals surface area contributed by atoms with Gasteiger partial charge in [0.05, 0.1) is 13.6 Å². The summed E-state index contributed by atoms with van der Waals surface area (Å²) in [5.74, 6) is 0. The van der Waals surface area contributed by atoms with E-state index in [0.29, 0.717) is 0 Å². The summed E-state index contributed by atoms with van der Waals surface area (Å²) in [6.07, 6.45) is 2.09. The summed E-state index contributed by atoms with van der Waals surface area (Å²) < 4.78 is 0. The number of fused-ring (bicyclic) bond motifs is 6. The maximum Gasteiger partial charge on any atom is 0.0796 e. The molecule has 0 aliphatic rings. The van der Waals surface area contributed by atoms with Crippen molar-refractivity contribution in [3.63, 3.8) is 0 Å². The van der Waals surface area contributed by atoms with Gasteiger partial charge in [-0.1, -0.05) is 74.2 Å². The molecule has 0 aliphatic heterocycles. The van der Waals surface area contributed by atoms with Gasteiger partial charge in [0, 0.05) is 17.0 Å². The molecule has 0 bridgehead atoms. The van der Waals surface area contributed by atoms with Crippen molar-refractivity contribution in [2.24, 2.45) is 0 Å². The Bertz CT molecular complexity index is 977. The molecule has 108 valence electrons. The number of benzene rings is 3. The Balaban J connectivity index is 2.27. The Morgan fingerprint density at radius 1 is 0.682 bits per heavy atom. The van der Waals surface area contributed by atoms with Crippen molar-refractivity contribution >= 4 is 45.7 Å². The minimum absolute atomic E-state index is 1.12. The van der Waals surface area contributed by atoms with Gasteiger partial charge in [-0.15, -0.1) is 0 Å². The van der Waals surface area contributed by atoms with Gasteiger partial charge in [0.15, 0.2) is 0 Å². The molecule has 1 nitrogen and oxygen atoms in total. The van der Waals surface area contributed by atoms with E-state index in [9.17, 15) is 0 Å². The third-order valence-electron chi connectivity index (χ3n) is 4.44. The zero-order chi connectivity index (χ0) is 15.3. The van der Waals surface area contributed by atoms with Crippen LogP contribution >= 0.6 is 0 Å². The molecule has 0 unspecified atom stereocenters. The summed E-state index contributed by atoms with van der Waals surface area (Å²) in [6.45, 7) is 7.12. The van der Waals surface area contributed by atoms with E-state index in [0.717, 1.165) is 5.52 Å². The van der Waals surface area contributed by atoms with Crippen LogP contribution in [0.1, 0.15) is 0 Å². The average Bonchev–Trinajstić information content (AvgIpc) is 2.54. The molecule has 0 N–H and O–H groups in total. The summed E-state index contributed by atoms with van der Waals surface area (Å²) in [7, 11) is -1.37. The quantitative estimate of drug-likeness (QED) is 0.352. The summed E-state index contributed by atoms with van der Waals surface area (Å²) in [5.41, 5.74) is 1.12. The van der Waals surface area contributed by atoms with E-state index < -0.39 is 8.07 Å². The highest BCUT2D eigenvalue weighted by atomic mass is 28.3. The van der Waals surface area contributed by atoms with Crippen molar-refractivity contribution in [2.45, 2.75) is 19.6 Å². The number of aromatic nitrogens is 1. The fourth-order valence-corrected chi connectivity index (χ4v) is 4.20. The molecule has 3 aromatic carbocycles. The normalized spacial score (nSPS) is 12.3. The Kier molecular flexibility index (Phi) is 2.85. The molecule has 1 aromatic heterocycles. The molecule has 0 fully saturated rings. The minimum Gasteiger partial charge on any atom is -0.256 e. The number of nitrogens with zero attached hydrogens (tertiary/aromatic N) is 1. The molecule has 4 rings (SSSR count). The van der Waals surface area contributed by atoms with Crippen LogP contribution in [0.2, 0.25) is 19.6 Å². The molecule has 0 saturated carbocycles. The molecule has 0 saturated heterocycles. The highest BCUT2D eigenvalue weighted by Crippen LogP contribution is 2.33. The van der Waals surface area contributed by atoms with E-state index in [2.05, 4.69) is 80.4 Å². The Hall–Kier alpha value is -2.19. The van der Waals surface area contributed by atoms with Crippen molar-refractivity contribution in [1.82, 2.24) is 4.98 Å². The van der Waals surface area contributed by atoms with Crippen molar-refractivity contribution < 1.29 is 0 Å². The van der Waals surface area contributed by atoms with Crippen LogP contribution in [0.4, 0.5) is 0 Å². The van der Waals surface area contributed by atoms with Crippen LogP contribution in [0, 0.1) is 0 Å². The van der Waals surface area contributed by atoms with Crippen molar-refractivity contribution in [2.75, 3.05) is 0 Å². The third-order valence-corrected chi connectivity index (χ3v) is 6.45. The van der Waals surface area contributed by atoms with Crippen LogP contribution in [0.5, 0.6) is 0 Å². The zero-order valence-electron chi connectivity index (χ0n) is 13.2. The SMILES string of the molecule is C[Si](C)(C)c1cnc2c3ccccc3c3ccccc3c2c1. The molecule has 4 aromatic rings. The highest BCUT2D eigenvalue weighted by molar-refractivity contribution is 6.88. The highest BCUT2D eigenvalue weighted by Gasteiger charge is 2.18. The second kappa shape index (κ2) is 4.65. The topological polar surface area (TPSA) is 12.9 Å². The van der Waals surface area contributed by atoms with E-state index in [1.807, 2.05) is 0 Å². The van der Waals surface area contributed by atoms with E-state index >= 15 is 0 Å². The van der Waals surface area contributed by atoms with Gasteiger partial charge < -0.3 is 0 Å². The summed E-state index contributed by atoms with van der Waals surface area (Å²) >= 11 is 0. The summed E-state index contributed by atoms with van der Waals surface area (Å²) in [5, 5.41) is 7.87. The lowest BCUT2D eigenvalue weighted by Crippen LogP contribution is -2.37. The molecule has 22 heavy (non-hydrogen) atoms. The first-order valence-electron chi connectivity index (χ1n) is 7.75. The zero-order valence-corrected chi connectivity index (χ0v) is 14.2. The van der Waals surface area contributed by atoms with Crippen LogP contribution in [0.25, 0.3) is 32.4 Å². The van der Waals surface area contributed by atoms with Gasteiger partial charge in [-0.05, 0) is 21.3 Å². The molecule has 2 heteroatoms. The fourth-order valence-electron chi connectivity index (χ4n) is 3.17. The Labute approximate surface area is 131 Å². The predicted molar refractivity (Wildman–Crippen MR) is 99.7 cm³/mol. The second-order valence-electron chi connectivity index (χ2n) is 6.96. The summed E-state index contributed by atoms with van der Waals surface area (Å²) in [6, 6.07) is 19.7. The number of hydrogen-bond acceptors (Lipinski definition) is 1. The second-order valence-corrected chi connectivity index (χ2v) is 12.0. The van der Waals surface area contributed by atoms with E-state index in [-0.39, 0.29) is 0 Å². The van der Waals surface area contributed by atoms with Crippen LogP contribution in [-0.2, 0) is 0 Å². The van der Waals surface area contributed by atoms with Gasteiger partial charge in [-0.2, -0.15) is 0 Å². The van der Waals surface area contributed by atoms with Crippen LogP contribution in [0.15, 0.2) is 60.8 Å². The van der Waals surface area contributed by atoms with Crippen LogP contribution in [0.3, 0.4) is 0 Å². The van der Waals surface area contributed by atoms with Gasteiger partial charge >= 0.3 is 0 Å². The molecule has 0 spiro atoms. The molecule has 0 atom stereocenters. The van der Waals surface area contributed by atoms with Gasteiger partial charge in [-0.25, -0.2) is 0 Å². The van der Waals surface area contributed by atoms with E-state index in [4.69, 9.17) is 4.98 Å². The largest absolute Gasteiger partial charge is 0.256 e. The first-order valence-corrected chi connectivity index (χ1v) is 11.3. The first kappa shape index (κ1) is 13.5. The van der Waals surface area contributed by atoms with Gasteiger partial charge in [-0.3, -0.25) is 4.98 Å².